The molecule has 1 amide bonds. The Morgan fingerprint density at radius 2 is 2.18 bits per heavy atom. The highest BCUT2D eigenvalue weighted by atomic mass is 16.4. The molecule has 0 spiro atoms. The fourth-order valence-electron chi connectivity index (χ4n) is 2.25. The van der Waals surface area contributed by atoms with E-state index in [-0.39, 0.29) is 17.7 Å². The van der Waals surface area contributed by atoms with Gasteiger partial charge >= 0.3 is 5.97 Å². The largest absolute Gasteiger partial charge is 0.481 e. The summed E-state index contributed by atoms with van der Waals surface area (Å²) in [4.78, 5) is 25.5. The van der Waals surface area contributed by atoms with E-state index in [0.29, 0.717) is 25.8 Å². The monoisotopic (exact) mass is 236 g/mol. The molecule has 1 saturated carbocycles. The third-order valence-corrected chi connectivity index (χ3v) is 3.28. The summed E-state index contributed by atoms with van der Waals surface area (Å²) in [6.45, 7) is 0.497. The van der Waals surface area contributed by atoms with Gasteiger partial charge in [0, 0.05) is 24.9 Å². The molecule has 3 N–H and O–H groups in total. The SMILES string of the molecule is O=C(O)[C@H]1CC[C@@H](C(=O)NCc2cc[nH]c2)C1. The van der Waals surface area contributed by atoms with Gasteiger partial charge in [0.05, 0.1) is 5.92 Å². The molecule has 1 aromatic heterocycles. The molecule has 1 aromatic rings. The second-order valence-electron chi connectivity index (χ2n) is 4.48. The topological polar surface area (TPSA) is 82.2 Å². The minimum Gasteiger partial charge on any atom is -0.481 e. The normalized spacial score (nSPS) is 23.5. The lowest BCUT2D eigenvalue weighted by molar-refractivity contribution is -0.141. The first-order valence-corrected chi connectivity index (χ1v) is 5.79. The van der Waals surface area contributed by atoms with Crippen molar-refractivity contribution >= 4 is 11.9 Å². The number of hydrogen-bond donors (Lipinski definition) is 3. The van der Waals surface area contributed by atoms with Gasteiger partial charge in [0.15, 0.2) is 0 Å². The van der Waals surface area contributed by atoms with E-state index in [1.54, 1.807) is 6.20 Å². The molecule has 1 heterocycles. The van der Waals surface area contributed by atoms with Crippen LogP contribution in [0.2, 0.25) is 0 Å². The number of carboxylic acids is 1. The van der Waals surface area contributed by atoms with Crippen molar-refractivity contribution in [3.63, 3.8) is 0 Å². The molecule has 1 aliphatic carbocycles. The van der Waals surface area contributed by atoms with Gasteiger partial charge in [0.25, 0.3) is 0 Å². The Bertz CT molecular complexity index is 400. The summed E-state index contributed by atoms with van der Waals surface area (Å²) in [6, 6.07) is 1.90. The Balaban J connectivity index is 1.79. The van der Waals surface area contributed by atoms with Gasteiger partial charge in [0.2, 0.25) is 5.91 Å². The highest BCUT2D eigenvalue weighted by Crippen LogP contribution is 2.31. The van der Waals surface area contributed by atoms with Crippen LogP contribution in [0.4, 0.5) is 0 Å². The fraction of sp³-hybridized carbons (Fsp3) is 0.500. The molecule has 0 aromatic carbocycles. The fourth-order valence-corrected chi connectivity index (χ4v) is 2.25. The predicted molar refractivity (Wildman–Crippen MR) is 61.1 cm³/mol. The third-order valence-electron chi connectivity index (χ3n) is 3.28. The van der Waals surface area contributed by atoms with Crippen LogP contribution in [0.25, 0.3) is 0 Å². The number of nitrogens with one attached hydrogen (secondary N) is 2. The van der Waals surface area contributed by atoms with Gasteiger partial charge in [-0.05, 0) is 30.9 Å². The van der Waals surface area contributed by atoms with Crippen molar-refractivity contribution in [1.82, 2.24) is 10.3 Å². The van der Waals surface area contributed by atoms with Crippen LogP contribution in [0.15, 0.2) is 18.5 Å². The highest BCUT2D eigenvalue weighted by molar-refractivity contribution is 5.80. The van der Waals surface area contributed by atoms with E-state index in [2.05, 4.69) is 10.3 Å². The van der Waals surface area contributed by atoms with Crippen molar-refractivity contribution < 1.29 is 14.7 Å². The maximum absolute atomic E-state index is 11.8. The van der Waals surface area contributed by atoms with Gasteiger partial charge in [-0.15, -0.1) is 0 Å². The highest BCUT2D eigenvalue weighted by Gasteiger charge is 2.33. The molecule has 0 radical (unpaired) electrons. The number of rotatable bonds is 4. The number of hydrogen-bond acceptors (Lipinski definition) is 2. The van der Waals surface area contributed by atoms with E-state index < -0.39 is 5.97 Å². The Kier molecular flexibility index (Phi) is 3.46. The van der Waals surface area contributed by atoms with Gasteiger partial charge < -0.3 is 15.4 Å². The molecule has 5 heteroatoms. The van der Waals surface area contributed by atoms with Crippen molar-refractivity contribution in [2.24, 2.45) is 11.8 Å². The van der Waals surface area contributed by atoms with Gasteiger partial charge in [-0.1, -0.05) is 0 Å². The standard InChI is InChI=1S/C12H16N2O3/c15-11(14-7-8-3-4-13-6-8)9-1-2-10(5-9)12(16)17/h3-4,6,9-10,13H,1-2,5,7H2,(H,14,15)(H,16,17)/t9-,10+/m1/s1. The minimum absolute atomic E-state index is 0.0325. The molecule has 2 rings (SSSR count). The van der Waals surface area contributed by atoms with Crippen molar-refractivity contribution in [3.8, 4) is 0 Å². The number of carboxylic acid groups (broad SMARTS) is 1. The summed E-state index contributed by atoms with van der Waals surface area (Å²) in [6.07, 6.45) is 5.38. The first kappa shape index (κ1) is 11.7. The second kappa shape index (κ2) is 5.03. The summed E-state index contributed by atoms with van der Waals surface area (Å²) in [5.41, 5.74) is 1.02. The molecule has 17 heavy (non-hydrogen) atoms. The molecular formula is C12H16N2O3. The van der Waals surface area contributed by atoms with E-state index >= 15 is 0 Å². The average Bonchev–Trinajstić information content (AvgIpc) is 2.96. The zero-order valence-electron chi connectivity index (χ0n) is 9.48. The molecule has 1 aliphatic rings. The van der Waals surface area contributed by atoms with Gasteiger partial charge in [0.1, 0.15) is 0 Å². The number of aliphatic carboxylic acids is 1. The van der Waals surface area contributed by atoms with Crippen LogP contribution in [-0.2, 0) is 16.1 Å². The van der Waals surface area contributed by atoms with E-state index in [0.717, 1.165) is 5.56 Å². The zero-order valence-corrected chi connectivity index (χ0v) is 9.48. The van der Waals surface area contributed by atoms with Crippen LogP contribution in [-0.4, -0.2) is 22.0 Å². The van der Waals surface area contributed by atoms with Gasteiger partial charge in [-0.25, -0.2) is 0 Å². The molecule has 5 nitrogen and oxygen atoms in total. The van der Waals surface area contributed by atoms with E-state index in [1.807, 2.05) is 12.3 Å². The third kappa shape index (κ3) is 2.87. The summed E-state index contributed by atoms with van der Waals surface area (Å²) in [7, 11) is 0. The van der Waals surface area contributed by atoms with Gasteiger partial charge in [-0.2, -0.15) is 0 Å². The second-order valence-corrected chi connectivity index (χ2v) is 4.48. The number of aromatic nitrogens is 1. The van der Waals surface area contributed by atoms with Crippen molar-refractivity contribution in [2.45, 2.75) is 25.8 Å². The number of amides is 1. The van der Waals surface area contributed by atoms with E-state index in [9.17, 15) is 9.59 Å². The minimum atomic E-state index is -0.786. The summed E-state index contributed by atoms with van der Waals surface area (Å²) < 4.78 is 0. The Labute approximate surface area is 99.2 Å². The number of H-pyrrole nitrogens is 1. The van der Waals surface area contributed by atoms with Crippen LogP contribution in [0.1, 0.15) is 24.8 Å². The smallest absolute Gasteiger partial charge is 0.306 e. The summed E-state index contributed by atoms with van der Waals surface area (Å²) in [5.74, 6) is -1.31. The maximum atomic E-state index is 11.8. The van der Waals surface area contributed by atoms with E-state index in [4.69, 9.17) is 5.11 Å². The van der Waals surface area contributed by atoms with Crippen LogP contribution in [0, 0.1) is 11.8 Å². The van der Waals surface area contributed by atoms with Crippen LogP contribution < -0.4 is 5.32 Å². The first-order valence-electron chi connectivity index (χ1n) is 5.79. The summed E-state index contributed by atoms with van der Waals surface area (Å²) in [5, 5.41) is 11.7. The molecular weight excluding hydrogens is 220 g/mol. The maximum Gasteiger partial charge on any atom is 0.306 e. The molecule has 1 fully saturated rings. The lowest BCUT2D eigenvalue weighted by Gasteiger charge is -2.09. The van der Waals surface area contributed by atoms with Crippen LogP contribution in [0.3, 0.4) is 0 Å². The lowest BCUT2D eigenvalue weighted by atomic mass is 10.0. The molecule has 0 saturated heterocycles. The Morgan fingerprint density at radius 1 is 1.41 bits per heavy atom. The molecule has 0 bridgehead atoms. The van der Waals surface area contributed by atoms with Crippen molar-refractivity contribution in [1.29, 1.82) is 0 Å². The first-order chi connectivity index (χ1) is 8.16. The van der Waals surface area contributed by atoms with Crippen molar-refractivity contribution in [2.75, 3.05) is 0 Å². The predicted octanol–water partition coefficient (Wildman–Crippen LogP) is 1.13. The summed E-state index contributed by atoms with van der Waals surface area (Å²) >= 11 is 0. The lowest BCUT2D eigenvalue weighted by Crippen LogP contribution is -2.29. The molecule has 2 atom stereocenters. The van der Waals surface area contributed by atoms with Gasteiger partial charge in [-0.3, -0.25) is 9.59 Å². The van der Waals surface area contributed by atoms with Crippen LogP contribution >= 0.6 is 0 Å². The van der Waals surface area contributed by atoms with E-state index in [1.165, 1.54) is 0 Å². The zero-order chi connectivity index (χ0) is 12.3. The number of carbonyl (C=O) groups excluding carboxylic acids is 1. The van der Waals surface area contributed by atoms with Crippen molar-refractivity contribution in [3.05, 3.63) is 24.0 Å². The molecule has 92 valence electrons. The number of carbonyl (C=O) groups is 2. The van der Waals surface area contributed by atoms with Crippen LogP contribution in [0.5, 0.6) is 0 Å². The Hall–Kier alpha value is -1.78. The quantitative estimate of drug-likeness (QED) is 0.733. The number of aromatic amines is 1. The average molecular weight is 236 g/mol. The Morgan fingerprint density at radius 3 is 2.76 bits per heavy atom. The molecule has 0 aliphatic heterocycles. The molecule has 0 unspecified atom stereocenters.